The molecule has 1 aliphatic rings. The zero-order valence-electron chi connectivity index (χ0n) is 7.00. The molecule has 1 saturated heterocycles. The molecule has 1 atom stereocenters. The Bertz CT molecular complexity index is 221. The molecule has 3 nitrogen and oxygen atoms in total. The predicted molar refractivity (Wildman–Crippen MR) is 45.3 cm³/mol. The van der Waals surface area contributed by atoms with Crippen molar-refractivity contribution in [2.75, 3.05) is 11.5 Å². The predicted octanol–water partition coefficient (Wildman–Crippen LogP) is 0.171. The molecule has 0 radical (unpaired) electrons. The molecule has 1 fully saturated rings. The average molecular weight is 177 g/mol. The van der Waals surface area contributed by atoms with Crippen LogP contribution in [0, 0.1) is 0 Å². The summed E-state index contributed by atoms with van der Waals surface area (Å²) in [5.41, 5.74) is 0. The van der Waals surface area contributed by atoms with E-state index in [4.69, 9.17) is 0 Å². The maximum Gasteiger partial charge on any atom is 0.151 e. The van der Waals surface area contributed by atoms with E-state index in [1.807, 2.05) is 13.8 Å². The van der Waals surface area contributed by atoms with Crippen molar-refractivity contribution in [1.82, 2.24) is 5.32 Å². The maximum atomic E-state index is 11.0. The fourth-order valence-corrected chi connectivity index (χ4v) is 3.08. The van der Waals surface area contributed by atoms with Crippen molar-refractivity contribution in [3.63, 3.8) is 0 Å². The van der Waals surface area contributed by atoms with Crippen LogP contribution in [0.1, 0.15) is 20.3 Å². The number of sulfone groups is 1. The molecule has 0 bridgehead atoms. The minimum Gasteiger partial charge on any atom is -0.311 e. The quantitative estimate of drug-likeness (QED) is 0.654. The van der Waals surface area contributed by atoms with Gasteiger partial charge >= 0.3 is 0 Å². The Balaban J connectivity index is 2.43. The summed E-state index contributed by atoms with van der Waals surface area (Å²) in [5, 5.41) is 3.22. The summed E-state index contributed by atoms with van der Waals surface area (Å²) >= 11 is 0. The van der Waals surface area contributed by atoms with Crippen LogP contribution in [-0.4, -0.2) is 32.0 Å². The normalized spacial score (nSPS) is 29.5. The summed E-state index contributed by atoms with van der Waals surface area (Å²) in [6, 6.07) is 0.577. The van der Waals surface area contributed by atoms with Gasteiger partial charge in [-0.25, -0.2) is 8.42 Å². The van der Waals surface area contributed by atoms with Gasteiger partial charge in [0.05, 0.1) is 11.5 Å². The first kappa shape index (κ1) is 9.00. The van der Waals surface area contributed by atoms with Gasteiger partial charge in [0.25, 0.3) is 0 Å². The fourth-order valence-electron chi connectivity index (χ4n) is 1.40. The lowest BCUT2D eigenvalue weighted by molar-refractivity contribution is 0.495. The topological polar surface area (TPSA) is 46.2 Å². The van der Waals surface area contributed by atoms with Crippen molar-refractivity contribution < 1.29 is 8.42 Å². The van der Waals surface area contributed by atoms with Crippen LogP contribution in [0.15, 0.2) is 0 Å². The molecule has 0 aliphatic carbocycles. The molecule has 66 valence electrons. The van der Waals surface area contributed by atoms with E-state index in [0.717, 1.165) is 6.42 Å². The molecule has 0 saturated carbocycles. The zero-order valence-corrected chi connectivity index (χ0v) is 7.82. The second-order valence-corrected chi connectivity index (χ2v) is 5.65. The average Bonchev–Trinajstić information content (AvgIpc) is 2.08. The first-order valence-corrected chi connectivity index (χ1v) is 5.78. The van der Waals surface area contributed by atoms with Crippen molar-refractivity contribution in [2.45, 2.75) is 32.4 Å². The van der Waals surface area contributed by atoms with E-state index in [9.17, 15) is 8.42 Å². The Hall–Kier alpha value is -0.0900. The van der Waals surface area contributed by atoms with Gasteiger partial charge in [-0.3, -0.25) is 0 Å². The first-order valence-electron chi connectivity index (χ1n) is 3.96. The molecular weight excluding hydrogens is 162 g/mol. The highest BCUT2D eigenvalue weighted by Gasteiger charge is 2.27. The lowest BCUT2D eigenvalue weighted by atomic mass is 10.2. The third kappa shape index (κ3) is 2.79. The summed E-state index contributed by atoms with van der Waals surface area (Å²) in [6.07, 6.45) is 0.778. The third-order valence-corrected chi connectivity index (χ3v) is 3.57. The van der Waals surface area contributed by atoms with E-state index in [0.29, 0.717) is 17.5 Å². The summed E-state index contributed by atoms with van der Waals surface area (Å²) in [7, 11) is -2.70. The molecule has 0 spiro atoms. The van der Waals surface area contributed by atoms with Gasteiger partial charge in [-0.05, 0) is 6.42 Å². The Labute approximate surface area is 68.1 Å². The van der Waals surface area contributed by atoms with Crippen molar-refractivity contribution >= 4 is 9.84 Å². The molecule has 1 rings (SSSR count). The Morgan fingerprint density at radius 2 is 2.09 bits per heavy atom. The molecule has 1 heterocycles. The number of rotatable bonds is 2. The Kier molecular flexibility index (Phi) is 2.54. The minimum atomic E-state index is -2.70. The maximum absolute atomic E-state index is 11.0. The van der Waals surface area contributed by atoms with Crippen LogP contribution in [-0.2, 0) is 9.84 Å². The van der Waals surface area contributed by atoms with Gasteiger partial charge in [-0.15, -0.1) is 0 Å². The van der Waals surface area contributed by atoms with E-state index in [-0.39, 0.29) is 6.04 Å². The van der Waals surface area contributed by atoms with Crippen LogP contribution in [0.2, 0.25) is 0 Å². The van der Waals surface area contributed by atoms with Crippen molar-refractivity contribution in [3.05, 3.63) is 0 Å². The summed E-state index contributed by atoms with van der Waals surface area (Å²) in [5.74, 6) is 0.683. The van der Waals surface area contributed by atoms with Crippen LogP contribution in [0.25, 0.3) is 0 Å². The zero-order chi connectivity index (χ0) is 8.48. The van der Waals surface area contributed by atoms with E-state index in [1.165, 1.54) is 0 Å². The molecule has 0 amide bonds. The molecule has 0 aromatic rings. The lowest BCUT2D eigenvalue weighted by Crippen LogP contribution is -2.35. The van der Waals surface area contributed by atoms with Crippen LogP contribution < -0.4 is 5.32 Å². The smallest absolute Gasteiger partial charge is 0.151 e. The lowest BCUT2D eigenvalue weighted by Gasteiger charge is -2.13. The summed E-state index contributed by atoms with van der Waals surface area (Å²) in [4.78, 5) is 0. The standard InChI is InChI=1S/C7H15NO2S/c1-6(2)8-7-3-4-11(9,10)5-7/h6-8H,3-5H2,1-2H3/t7-/m1/s1. The molecule has 4 heteroatoms. The highest BCUT2D eigenvalue weighted by atomic mass is 32.2. The van der Waals surface area contributed by atoms with E-state index >= 15 is 0 Å². The molecule has 0 aromatic carbocycles. The molecule has 0 aromatic heterocycles. The van der Waals surface area contributed by atoms with Gasteiger partial charge in [-0.2, -0.15) is 0 Å². The van der Waals surface area contributed by atoms with Crippen molar-refractivity contribution in [3.8, 4) is 0 Å². The van der Waals surface area contributed by atoms with E-state index in [1.54, 1.807) is 0 Å². The largest absolute Gasteiger partial charge is 0.311 e. The summed E-state index contributed by atoms with van der Waals surface area (Å²) in [6.45, 7) is 4.07. The molecule has 1 N–H and O–H groups in total. The van der Waals surface area contributed by atoms with Gasteiger partial charge in [-0.1, -0.05) is 13.8 Å². The second-order valence-electron chi connectivity index (χ2n) is 3.42. The highest BCUT2D eigenvalue weighted by Crippen LogP contribution is 2.11. The van der Waals surface area contributed by atoms with E-state index in [2.05, 4.69) is 5.32 Å². The fraction of sp³-hybridized carbons (Fsp3) is 1.00. The third-order valence-electron chi connectivity index (χ3n) is 1.80. The van der Waals surface area contributed by atoms with Gasteiger partial charge in [0.1, 0.15) is 0 Å². The highest BCUT2D eigenvalue weighted by molar-refractivity contribution is 7.91. The Morgan fingerprint density at radius 1 is 1.45 bits per heavy atom. The minimum absolute atomic E-state index is 0.194. The molecular formula is C7H15NO2S. The molecule has 1 aliphatic heterocycles. The SMILES string of the molecule is CC(C)N[C@@H]1CCS(=O)(=O)C1. The van der Waals surface area contributed by atoms with Gasteiger partial charge < -0.3 is 5.32 Å². The monoisotopic (exact) mass is 177 g/mol. The van der Waals surface area contributed by atoms with E-state index < -0.39 is 9.84 Å². The number of nitrogens with one attached hydrogen (secondary N) is 1. The van der Waals surface area contributed by atoms with Crippen LogP contribution >= 0.6 is 0 Å². The van der Waals surface area contributed by atoms with Gasteiger partial charge in [0.15, 0.2) is 9.84 Å². The first-order chi connectivity index (χ1) is 4.99. The summed E-state index contributed by atoms with van der Waals surface area (Å²) < 4.78 is 22.0. The van der Waals surface area contributed by atoms with Crippen LogP contribution in [0.4, 0.5) is 0 Å². The molecule has 0 unspecified atom stereocenters. The van der Waals surface area contributed by atoms with Crippen molar-refractivity contribution in [2.24, 2.45) is 0 Å². The molecule has 11 heavy (non-hydrogen) atoms. The van der Waals surface area contributed by atoms with Crippen LogP contribution in [0.3, 0.4) is 0 Å². The van der Waals surface area contributed by atoms with Gasteiger partial charge in [0.2, 0.25) is 0 Å². The number of hydrogen-bond acceptors (Lipinski definition) is 3. The second kappa shape index (κ2) is 3.11. The van der Waals surface area contributed by atoms with Crippen LogP contribution in [0.5, 0.6) is 0 Å². The van der Waals surface area contributed by atoms with Crippen molar-refractivity contribution in [1.29, 1.82) is 0 Å². The number of hydrogen-bond donors (Lipinski definition) is 1. The Morgan fingerprint density at radius 3 is 2.45 bits per heavy atom. The van der Waals surface area contributed by atoms with Gasteiger partial charge in [0, 0.05) is 12.1 Å².